The Balaban J connectivity index is 2.49. The summed E-state index contributed by atoms with van der Waals surface area (Å²) in [6.07, 6.45) is 1.56. The summed E-state index contributed by atoms with van der Waals surface area (Å²) in [5.41, 5.74) is 3.02. The van der Waals surface area contributed by atoms with Crippen LogP contribution < -0.4 is 4.74 Å². The van der Waals surface area contributed by atoms with Crippen LogP contribution in [0.15, 0.2) is 23.8 Å². The second-order valence-corrected chi connectivity index (χ2v) is 3.29. The molecule has 1 aliphatic rings. The van der Waals surface area contributed by atoms with Crippen LogP contribution >= 0.6 is 0 Å². The van der Waals surface area contributed by atoms with E-state index in [9.17, 15) is 5.11 Å². The Kier molecular flexibility index (Phi) is 1.85. The van der Waals surface area contributed by atoms with E-state index >= 15 is 0 Å². The number of methoxy groups -OCH3 is 1. The van der Waals surface area contributed by atoms with Crippen molar-refractivity contribution in [2.45, 2.75) is 13.0 Å². The van der Waals surface area contributed by atoms with Crippen molar-refractivity contribution in [3.05, 3.63) is 34.9 Å². The number of hydrogen-bond acceptors (Lipinski definition) is 2. The lowest BCUT2D eigenvalue weighted by molar-refractivity contribution is 0.220. The summed E-state index contributed by atoms with van der Waals surface area (Å²) >= 11 is 0. The van der Waals surface area contributed by atoms with Gasteiger partial charge < -0.3 is 9.84 Å². The first-order valence-electron chi connectivity index (χ1n) is 4.26. The first kappa shape index (κ1) is 8.32. The molecule has 0 fully saturated rings. The minimum Gasteiger partial charge on any atom is -0.497 e. The van der Waals surface area contributed by atoms with Crippen LogP contribution in [-0.2, 0) is 0 Å². The number of fused-ring (bicyclic) bond motifs is 1. The van der Waals surface area contributed by atoms with Crippen molar-refractivity contribution in [3.8, 4) is 5.75 Å². The normalized spacial score (nSPS) is 19.6. The van der Waals surface area contributed by atoms with Crippen LogP contribution in [0.4, 0.5) is 0 Å². The highest BCUT2D eigenvalue weighted by atomic mass is 16.5. The minimum absolute atomic E-state index is 0.430. The average Bonchev–Trinajstić information content (AvgIpc) is 2.42. The maximum Gasteiger partial charge on any atom is 0.119 e. The van der Waals surface area contributed by atoms with E-state index in [2.05, 4.69) is 0 Å². The molecule has 0 saturated heterocycles. The SMILES string of the molecule is COc1ccc2c(c1)C=C(C)C2O. The Morgan fingerprint density at radius 1 is 1.38 bits per heavy atom. The summed E-state index contributed by atoms with van der Waals surface area (Å²) in [6.45, 7) is 1.93. The van der Waals surface area contributed by atoms with Gasteiger partial charge in [0.1, 0.15) is 11.9 Å². The molecule has 0 radical (unpaired) electrons. The third-order valence-electron chi connectivity index (χ3n) is 2.40. The molecule has 1 unspecified atom stereocenters. The fourth-order valence-corrected chi connectivity index (χ4v) is 1.62. The van der Waals surface area contributed by atoms with E-state index in [1.165, 1.54) is 0 Å². The van der Waals surface area contributed by atoms with Crippen LogP contribution in [0, 0.1) is 0 Å². The molecule has 0 amide bonds. The van der Waals surface area contributed by atoms with Gasteiger partial charge in [-0.1, -0.05) is 12.1 Å². The third-order valence-corrected chi connectivity index (χ3v) is 2.40. The second-order valence-electron chi connectivity index (χ2n) is 3.29. The van der Waals surface area contributed by atoms with E-state index in [1.54, 1.807) is 7.11 Å². The summed E-state index contributed by atoms with van der Waals surface area (Å²) < 4.78 is 5.10. The van der Waals surface area contributed by atoms with Crippen molar-refractivity contribution >= 4 is 6.08 Å². The standard InChI is InChI=1S/C11H12O2/c1-7-5-8-6-9(13-2)3-4-10(8)11(7)12/h3-6,11-12H,1-2H3. The summed E-state index contributed by atoms with van der Waals surface area (Å²) in [5, 5.41) is 9.70. The molecule has 0 bridgehead atoms. The van der Waals surface area contributed by atoms with E-state index in [0.29, 0.717) is 0 Å². The van der Waals surface area contributed by atoms with Crippen molar-refractivity contribution < 1.29 is 9.84 Å². The highest BCUT2D eigenvalue weighted by Crippen LogP contribution is 2.35. The molecular formula is C11H12O2. The molecule has 0 aromatic heterocycles. The van der Waals surface area contributed by atoms with Crippen molar-refractivity contribution in [1.29, 1.82) is 0 Å². The fourth-order valence-electron chi connectivity index (χ4n) is 1.62. The van der Waals surface area contributed by atoms with Crippen LogP contribution in [0.5, 0.6) is 5.75 Å². The molecule has 0 spiro atoms. The van der Waals surface area contributed by atoms with Crippen LogP contribution in [0.2, 0.25) is 0 Å². The number of hydrogen-bond donors (Lipinski definition) is 1. The molecule has 1 aliphatic carbocycles. The number of rotatable bonds is 1. The average molecular weight is 176 g/mol. The number of benzene rings is 1. The predicted molar refractivity (Wildman–Crippen MR) is 51.6 cm³/mol. The van der Waals surface area contributed by atoms with Gasteiger partial charge in [0.2, 0.25) is 0 Å². The summed E-state index contributed by atoms with van der Waals surface area (Å²) in [7, 11) is 1.64. The molecule has 1 atom stereocenters. The maximum atomic E-state index is 9.70. The second kappa shape index (κ2) is 2.89. The van der Waals surface area contributed by atoms with Gasteiger partial charge in [0.25, 0.3) is 0 Å². The molecule has 2 rings (SSSR count). The maximum absolute atomic E-state index is 9.70. The first-order valence-corrected chi connectivity index (χ1v) is 4.26. The lowest BCUT2D eigenvalue weighted by Crippen LogP contribution is -1.94. The Bertz CT molecular complexity index is 366. The zero-order chi connectivity index (χ0) is 9.42. The molecule has 2 heteroatoms. The molecule has 1 N–H and O–H groups in total. The van der Waals surface area contributed by atoms with Gasteiger partial charge in [-0.3, -0.25) is 0 Å². The van der Waals surface area contributed by atoms with E-state index < -0.39 is 6.10 Å². The Labute approximate surface area is 77.5 Å². The Morgan fingerprint density at radius 3 is 2.85 bits per heavy atom. The van der Waals surface area contributed by atoms with Crippen molar-refractivity contribution in [1.82, 2.24) is 0 Å². The quantitative estimate of drug-likeness (QED) is 0.710. The van der Waals surface area contributed by atoms with E-state index in [0.717, 1.165) is 22.4 Å². The Morgan fingerprint density at radius 2 is 2.15 bits per heavy atom. The van der Waals surface area contributed by atoms with E-state index in [1.807, 2.05) is 31.2 Å². The van der Waals surface area contributed by atoms with E-state index in [-0.39, 0.29) is 0 Å². The van der Waals surface area contributed by atoms with Gasteiger partial charge in [-0.15, -0.1) is 0 Å². The first-order chi connectivity index (χ1) is 6.22. The van der Waals surface area contributed by atoms with Crippen LogP contribution in [0.3, 0.4) is 0 Å². The number of aliphatic hydroxyl groups is 1. The predicted octanol–water partition coefficient (Wildman–Crippen LogP) is 2.15. The zero-order valence-corrected chi connectivity index (χ0v) is 7.74. The van der Waals surface area contributed by atoms with Gasteiger partial charge in [0.15, 0.2) is 0 Å². The highest BCUT2D eigenvalue weighted by Gasteiger charge is 2.19. The monoisotopic (exact) mass is 176 g/mol. The van der Waals surface area contributed by atoms with Gasteiger partial charge in [-0.05, 0) is 35.8 Å². The van der Waals surface area contributed by atoms with Crippen LogP contribution in [0.25, 0.3) is 6.08 Å². The third kappa shape index (κ3) is 1.23. The van der Waals surface area contributed by atoms with Gasteiger partial charge in [0, 0.05) is 0 Å². The lowest BCUT2D eigenvalue weighted by atomic mass is 10.1. The summed E-state index contributed by atoms with van der Waals surface area (Å²) in [4.78, 5) is 0. The molecule has 1 aromatic rings. The Hall–Kier alpha value is -1.28. The highest BCUT2D eigenvalue weighted by molar-refractivity contribution is 5.66. The molecule has 0 aliphatic heterocycles. The molecule has 68 valence electrons. The molecule has 1 aromatic carbocycles. The molecule has 0 heterocycles. The summed E-state index contributed by atoms with van der Waals surface area (Å²) in [6, 6.07) is 5.72. The van der Waals surface area contributed by atoms with Gasteiger partial charge in [-0.25, -0.2) is 0 Å². The topological polar surface area (TPSA) is 29.5 Å². The molecule has 0 saturated carbocycles. The van der Waals surface area contributed by atoms with Crippen molar-refractivity contribution in [3.63, 3.8) is 0 Å². The van der Waals surface area contributed by atoms with E-state index in [4.69, 9.17) is 4.74 Å². The molecular weight excluding hydrogens is 164 g/mol. The number of ether oxygens (including phenoxy) is 1. The largest absolute Gasteiger partial charge is 0.497 e. The van der Waals surface area contributed by atoms with Crippen LogP contribution in [0.1, 0.15) is 24.2 Å². The zero-order valence-electron chi connectivity index (χ0n) is 7.74. The van der Waals surface area contributed by atoms with Crippen LogP contribution in [-0.4, -0.2) is 12.2 Å². The molecule has 13 heavy (non-hydrogen) atoms. The fraction of sp³-hybridized carbons (Fsp3) is 0.273. The van der Waals surface area contributed by atoms with Crippen molar-refractivity contribution in [2.24, 2.45) is 0 Å². The minimum atomic E-state index is -0.430. The lowest BCUT2D eigenvalue weighted by Gasteiger charge is -2.07. The van der Waals surface area contributed by atoms with Gasteiger partial charge >= 0.3 is 0 Å². The van der Waals surface area contributed by atoms with Gasteiger partial charge in [0.05, 0.1) is 7.11 Å². The smallest absolute Gasteiger partial charge is 0.119 e. The number of aliphatic hydroxyl groups excluding tert-OH is 1. The van der Waals surface area contributed by atoms with Crippen molar-refractivity contribution in [2.75, 3.05) is 7.11 Å². The summed E-state index contributed by atoms with van der Waals surface area (Å²) in [5.74, 6) is 0.830. The molecule has 2 nitrogen and oxygen atoms in total. The van der Waals surface area contributed by atoms with Gasteiger partial charge in [-0.2, -0.15) is 0 Å².